The molecule has 1 amide bonds. The van der Waals surface area contributed by atoms with Crippen molar-refractivity contribution in [2.75, 3.05) is 12.8 Å². The molecule has 10 nitrogen and oxygen atoms in total. The highest BCUT2D eigenvalue weighted by Gasteiger charge is 2.27. The number of nitrogens with one attached hydrogen (secondary N) is 1. The normalized spacial score (nSPS) is 11.8. The van der Waals surface area contributed by atoms with Crippen molar-refractivity contribution >= 4 is 25.8 Å². The fourth-order valence-electron chi connectivity index (χ4n) is 2.83. The Labute approximate surface area is 191 Å². The van der Waals surface area contributed by atoms with E-state index in [1.54, 1.807) is 12.1 Å². The summed E-state index contributed by atoms with van der Waals surface area (Å²) < 4.78 is 55.9. The van der Waals surface area contributed by atoms with Crippen molar-refractivity contribution in [1.29, 1.82) is 0 Å². The fourth-order valence-corrected chi connectivity index (χ4v) is 4.85. The van der Waals surface area contributed by atoms with E-state index in [4.69, 9.17) is 9.94 Å². The van der Waals surface area contributed by atoms with E-state index >= 15 is 0 Å². The van der Waals surface area contributed by atoms with Gasteiger partial charge >= 0.3 is 0 Å². The number of ether oxygens (including phenoxy) is 1. The van der Waals surface area contributed by atoms with Crippen molar-refractivity contribution in [3.8, 4) is 11.5 Å². The minimum atomic E-state index is -4.10. The van der Waals surface area contributed by atoms with Crippen LogP contribution in [0.3, 0.4) is 0 Å². The molecule has 3 aromatic rings. The Balaban J connectivity index is 1.80. The Morgan fingerprint density at radius 1 is 0.909 bits per heavy atom. The lowest BCUT2D eigenvalue weighted by Crippen LogP contribution is -2.39. The summed E-state index contributed by atoms with van der Waals surface area (Å²) in [4.78, 5) is 15.6. The topological polar surface area (TPSA) is 143 Å². The van der Waals surface area contributed by atoms with Crippen LogP contribution >= 0.6 is 0 Å². The van der Waals surface area contributed by atoms with Gasteiger partial charge < -0.3 is 4.74 Å². The third kappa shape index (κ3) is 6.35. The molecule has 2 N–H and O–H groups in total. The largest absolute Gasteiger partial charge is 0.457 e. The van der Waals surface area contributed by atoms with Crippen LogP contribution < -0.4 is 10.2 Å². The van der Waals surface area contributed by atoms with Crippen molar-refractivity contribution < 1.29 is 31.6 Å². The van der Waals surface area contributed by atoms with E-state index in [2.05, 4.69) is 4.98 Å². The third-order valence-corrected chi connectivity index (χ3v) is 7.44. The van der Waals surface area contributed by atoms with E-state index in [1.165, 1.54) is 66.4 Å². The van der Waals surface area contributed by atoms with Crippen LogP contribution in [-0.4, -0.2) is 50.0 Å². The monoisotopic (exact) mass is 491 g/mol. The zero-order valence-electron chi connectivity index (χ0n) is 17.5. The van der Waals surface area contributed by atoms with E-state index in [0.717, 1.165) is 10.6 Å². The molecule has 0 unspecified atom stereocenters. The maximum Gasteiger partial charge on any atom is 0.258 e. The molecule has 12 heteroatoms. The maximum absolute atomic E-state index is 13.1. The zero-order chi connectivity index (χ0) is 24.1. The van der Waals surface area contributed by atoms with E-state index in [0.29, 0.717) is 17.1 Å². The average molecular weight is 492 g/mol. The third-order valence-electron chi connectivity index (χ3n) is 4.50. The van der Waals surface area contributed by atoms with Crippen LogP contribution in [0.15, 0.2) is 82.8 Å². The molecule has 0 spiro atoms. The molecule has 0 aliphatic rings. The van der Waals surface area contributed by atoms with Crippen molar-refractivity contribution in [2.45, 2.75) is 16.3 Å². The summed E-state index contributed by atoms with van der Waals surface area (Å²) in [5, 5.41) is 8.84. The van der Waals surface area contributed by atoms with Gasteiger partial charge in [-0.2, -0.15) is 4.31 Å². The van der Waals surface area contributed by atoms with E-state index < -0.39 is 32.3 Å². The molecule has 0 aliphatic carbocycles. The second-order valence-electron chi connectivity index (χ2n) is 6.98. The molecule has 174 valence electrons. The second kappa shape index (κ2) is 10.1. The zero-order valence-corrected chi connectivity index (χ0v) is 19.1. The summed E-state index contributed by atoms with van der Waals surface area (Å²) in [5.74, 6) is -0.183. The van der Waals surface area contributed by atoms with Crippen LogP contribution in [0.1, 0.15) is 5.56 Å². The molecule has 0 radical (unpaired) electrons. The Morgan fingerprint density at radius 2 is 1.42 bits per heavy atom. The molecule has 0 fully saturated rings. The highest BCUT2D eigenvalue weighted by molar-refractivity contribution is 7.90. The maximum atomic E-state index is 13.1. The van der Waals surface area contributed by atoms with Gasteiger partial charge in [0, 0.05) is 25.2 Å². The number of carbonyl (C=O) groups is 1. The van der Waals surface area contributed by atoms with Crippen LogP contribution in [0.4, 0.5) is 0 Å². The van der Waals surface area contributed by atoms with Gasteiger partial charge in [-0.25, -0.2) is 22.3 Å². The van der Waals surface area contributed by atoms with Gasteiger partial charge in [0.2, 0.25) is 10.0 Å². The number of amides is 1. The number of hydrogen-bond acceptors (Lipinski definition) is 8. The van der Waals surface area contributed by atoms with Crippen LogP contribution in [-0.2, 0) is 31.2 Å². The molecule has 0 atom stereocenters. The van der Waals surface area contributed by atoms with Gasteiger partial charge in [0.05, 0.1) is 16.3 Å². The second-order valence-corrected chi connectivity index (χ2v) is 10.9. The molecular formula is C21H21N3O7S2. The lowest BCUT2D eigenvalue weighted by molar-refractivity contribution is -0.129. The Hall–Kier alpha value is -3.32. The molecule has 0 bridgehead atoms. The van der Waals surface area contributed by atoms with Crippen LogP contribution in [0.25, 0.3) is 0 Å². The van der Waals surface area contributed by atoms with Crippen molar-refractivity contribution in [1.82, 2.24) is 14.8 Å². The number of hydrogen-bond donors (Lipinski definition) is 2. The molecule has 2 aromatic carbocycles. The van der Waals surface area contributed by atoms with E-state index in [1.807, 2.05) is 0 Å². The first-order valence-electron chi connectivity index (χ1n) is 9.49. The SMILES string of the molecule is CS(=O)(=O)c1ccc(Oc2ccc(S(=O)(=O)N(CC(=O)NO)Cc3ccncc3)cc2)cc1. The van der Waals surface area contributed by atoms with Gasteiger partial charge in [0.1, 0.15) is 11.5 Å². The minimum absolute atomic E-state index is 0.0814. The summed E-state index contributed by atoms with van der Waals surface area (Å²) >= 11 is 0. The van der Waals surface area contributed by atoms with Crippen molar-refractivity contribution in [3.05, 3.63) is 78.6 Å². The summed E-state index contributed by atoms with van der Waals surface area (Å²) in [5.41, 5.74) is 2.05. The van der Waals surface area contributed by atoms with Crippen LogP contribution in [0, 0.1) is 0 Å². The summed E-state index contributed by atoms with van der Waals surface area (Å²) in [6, 6.07) is 14.6. The highest BCUT2D eigenvalue weighted by atomic mass is 32.2. The Morgan fingerprint density at radius 3 is 1.91 bits per heavy atom. The number of aromatic nitrogens is 1. The molecule has 1 heterocycles. The number of benzene rings is 2. The molecule has 0 saturated carbocycles. The van der Waals surface area contributed by atoms with Gasteiger partial charge in [-0.3, -0.25) is 15.0 Å². The Bertz CT molecular complexity index is 1310. The van der Waals surface area contributed by atoms with Crippen LogP contribution in [0.2, 0.25) is 0 Å². The number of rotatable bonds is 9. The summed E-state index contributed by atoms with van der Waals surface area (Å²) in [6.07, 6.45) is 4.10. The number of carbonyl (C=O) groups excluding carboxylic acids is 1. The van der Waals surface area contributed by atoms with Gasteiger partial charge in [-0.05, 0) is 66.2 Å². The molecule has 1 aromatic heterocycles. The van der Waals surface area contributed by atoms with Crippen molar-refractivity contribution in [2.24, 2.45) is 0 Å². The minimum Gasteiger partial charge on any atom is -0.457 e. The Kier molecular flexibility index (Phi) is 7.43. The van der Waals surface area contributed by atoms with E-state index in [9.17, 15) is 21.6 Å². The molecule has 3 rings (SSSR count). The van der Waals surface area contributed by atoms with E-state index in [-0.39, 0.29) is 16.3 Å². The smallest absolute Gasteiger partial charge is 0.258 e. The fraction of sp³-hybridized carbons (Fsp3) is 0.143. The first-order chi connectivity index (χ1) is 15.6. The number of nitrogens with zero attached hydrogens (tertiary/aromatic N) is 2. The molecular weight excluding hydrogens is 470 g/mol. The predicted molar refractivity (Wildman–Crippen MR) is 118 cm³/mol. The first kappa shape index (κ1) is 24.3. The molecule has 0 aliphatic heterocycles. The van der Waals surface area contributed by atoms with Gasteiger partial charge in [0.25, 0.3) is 5.91 Å². The lowest BCUT2D eigenvalue weighted by Gasteiger charge is -2.21. The average Bonchev–Trinajstić information content (AvgIpc) is 2.79. The quantitative estimate of drug-likeness (QED) is 0.342. The summed E-state index contributed by atoms with van der Waals surface area (Å²) in [6.45, 7) is -0.699. The van der Waals surface area contributed by atoms with Crippen molar-refractivity contribution in [3.63, 3.8) is 0 Å². The number of pyridine rings is 1. The van der Waals surface area contributed by atoms with Gasteiger partial charge in [0.15, 0.2) is 9.84 Å². The van der Waals surface area contributed by atoms with Gasteiger partial charge in [-0.15, -0.1) is 0 Å². The first-order valence-corrected chi connectivity index (χ1v) is 12.8. The summed E-state index contributed by atoms with van der Waals surface area (Å²) in [7, 11) is -7.43. The standard InChI is InChI=1S/C21H21N3O7S2/c1-32(27,28)19-6-2-17(3-7-19)31-18-4-8-20(9-5-18)33(29,30)24(15-21(25)23-26)14-16-10-12-22-13-11-16/h2-13,26H,14-15H2,1H3,(H,23,25). The number of sulfone groups is 1. The van der Waals surface area contributed by atoms with Gasteiger partial charge in [-0.1, -0.05) is 0 Å². The highest BCUT2D eigenvalue weighted by Crippen LogP contribution is 2.26. The molecule has 33 heavy (non-hydrogen) atoms. The predicted octanol–water partition coefficient (Wildman–Crippen LogP) is 1.97. The van der Waals surface area contributed by atoms with Crippen LogP contribution in [0.5, 0.6) is 11.5 Å². The number of hydroxylamine groups is 1. The number of sulfonamides is 1. The lowest BCUT2D eigenvalue weighted by atomic mass is 10.3. The molecule has 0 saturated heterocycles.